The summed E-state index contributed by atoms with van der Waals surface area (Å²) >= 11 is 1.17. The van der Waals surface area contributed by atoms with Crippen molar-refractivity contribution >= 4 is 35.0 Å². The smallest absolute Gasteiger partial charge is 0.311 e. The molecule has 2 heterocycles. The van der Waals surface area contributed by atoms with Gasteiger partial charge >= 0.3 is 5.97 Å². The maximum atomic E-state index is 14.4. The third kappa shape index (κ3) is 9.68. The van der Waals surface area contributed by atoms with Crippen LogP contribution < -0.4 is 10.6 Å². The van der Waals surface area contributed by atoms with E-state index in [1.165, 1.54) is 11.3 Å². The van der Waals surface area contributed by atoms with E-state index in [1.807, 2.05) is 59.0 Å². The number of hydrogen-bond acceptors (Lipinski definition) is 9. The van der Waals surface area contributed by atoms with Gasteiger partial charge in [-0.2, -0.15) is 0 Å². The van der Waals surface area contributed by atoms with Gasteiger partial charge in [0, 0.05) is 37.5 Å². The van der Waals surface area contributed by atoms with Crippen LogP contribution in [0.3, 0.4) is 0 Å². The molecule has 0 saturated carbocycles. The molecule has 1 aromatic carbocycles. The van der Waals surface area contributed by atoms with Gasteiger partial charge in [0.15, 0.2) is 0 Å². The predicted molar refractivity (Wildman–Crippen MR) is 192 cm³/mol. The number of piperidine rings is 1. The number of ether oxygens (including phenoxy) is 1. The topological polar surface area (TPSA) is 161 Å². The normalized spacial score (nSPS) is 21.8. The van der Waals surface area contributed by atoms with Crippen LogP contribution >= 0.6 is 11.3 Å². The average molecular weight is 714 g/mol. The number of aliphatic hydroxyl groups is 1. The second kappa shape index (κ2) is 18.2. The SMILES string of the molecule is CC[C@H](C)[C@H](NC(=O)[C@H]1CCCCN1C)C(=O)N(CCOC)[C@H](C[C@@H](O)c1nc(C(=O)N[C@H]2Cc3ccccc3[C@H](C(=O)O)C2)cs1)C(C)C. The molecule has 1 saturated heterocycles. The van der Waals surface area contributed by atoms with E-state index in [4.69, 9.17) is 4.74 Å². The van der Waals surface area contributed by atoms with E-state index < -0.39 is 36.0 Å². The highest BCUT2D eigenvalue weighted by Crippen LogP contribution is 2.33. The molecule has 2 aliphatic rings. The molecule has 0 bridgehead atoms. The molecule has 0 radical (unpaired) electrons. The number of carbonyl (C=O) groups excluding carboxylic acids is 3. The highest BCUT2D eigenvalue weighted by atomic mass is 32.1. The molecule has 1 aliphatic carbocycles. The predicted octanol–water partition coefficient (Wildman–Crippen LogP) is 3.99. The van der Waals surface area contributed by atoms with E-state index in [9.17, 15) is 29.4 Å². The summed E-state index contributed by atoms with van der Waals surface area (Å²) in [6.07, 6.45) is 3.37. The number of fused-ring (bicyclic) bond motifs is 1. The molecule has 13 heteroatoms. The summed E-state index contributed by atoms with van der Waals surface area (Å²) in [5.74, 6) is -2.58. The number of methoxy groups -OCH3 is 1. The first kappa shape index (κ1) is 39.4. The van der Waals surface area contributed by atoms with Crippen molar-refractivity contribution in [1.82, 2.24) is 25.4 Å². The van der Waals surface area contributed by atoms with Crippen molar-refractivity contribution in [3.05, 3.63) is 51.5 Å². The van der Waals surface area contributed by atoms with Crippen LogP contribution in [0.2, 0.25) is 0 Å². The van der Waals surface area contributed by atoms with Crippen LogP contribution in [-0.4, -0.2) is 107 Å². The van der Waals surface area contributed by atoms with Crippen molar-refractivity contribution in [1.29, 1.82) is 0 Å². The van der Waals surface area contributed by atoms with Gasteiger partial charge in [-0.05, 0) is 62.2 Å². The number of amides is 3. The number of thiazole rings is 1. The van der Waals surface area contributed by atoms with E-state index in [1.54, 1.807) is 17.4 Å². The number of nitrogens with zero attached hydrogens (tertiary/aromatic N) is 3. The molecule has 4 N–H and O–H groups in total. The van der Waals surface area contributed by atoms with Crippen molar-refractivity contribution in [3.8, 4) is 0 Å². The van der Waals surface area contributed by atoms with Crippen molar-refractivity contribution in [3.63, 3.8) is 0 Å². The highest BCUT2D eigenvalue weighted by molar-refractivity contribution is 7.09. The Hall–Kier alpha value is -3.39. The van der Waals surface area contributed by atoms with Gasteiger partial charge in [-0.1, -0.05) is 64.8 Å². The van der Waals surface area contributed by atoms with Crippen molar-refractivity contribution in [2.24, 2.45) is 11.8 Å². The first-order valence-corrected chi connectivity index (χ1v) is 18.8. The summed E-state index contributed by atoms with van der Waals surface area (Å²) in [6.45, 7) is 9.36. The van der Waals surface area contributed by atoms with E-state index in [2.05, 4.69) is 20.5 Å². The zero-order chi connectivity index (χ0) is 36.5. The van der Waals surface area contributed by atoms with Crippen molar-refractivity contribution in [2.45, 2.75) is 109 Å². The van der Waals surface area contributed by atoms with Crippen LogP contribution in [0.5, 0.6) is 0 Å². The number of carboxylic acids is 1. The molecular formula is C37H55N5O7S. The van der Waals surface area contributed by atoms with Crippen molar-refractivity contribution < 1.29 is 34.1 Å². The lowest BCUT2D eigenvalue weighted by molar-refractivity contribution is -0.143. The van der Waals surface area contributed by atoms with Crippen LogP contribution in [0.25, 0.3) is 0 Å². The molecule has 1 aliphatic heterocycles. The number of carboxylic acid groups (broad SMARTS) is 1. The quantitative estimate of drug-likeness (QED) is 0.202. The fraction of sp³-hybridized carbons (Fsp3) is 0.649. The Morgan fingerprint density at radius 3 is 2.56 bits per heavy atom. The number of aromatic nitrogens is 1. The van der Waals surface area contributed by atoms with Gasteiger partial charge < -0.3 is 30.5 Å². The van der Waals surface area contributed by atoms with Gasteiger partial charge in [0.25, 0.3) is 5.91 Å². The molecule has 1 aromatic heterocycles. The van der Waals surface area contributed by atoms with Crippen LogP contribution in [0.4, 0.5) is 0 Å². The molecule has 50 heavy (non-hydrogen) atoms. The lowest BCUT2D eigenvalue weighted by Gasteiger charge is -2.39. The fourth-order valence-electron chi connectivity index (χ4n) is 7.20. The van der Waals surface area contributed by atoms with Gasteiger partial charge in [0.1, 0.15) is 22.8 Å². The Balaban J connectivity index is 1.48. The minimum absolute atomic E-state index is 0.0534. The number of aliphatic carboxylic acids is 1. The Morgan fingerprint density at radius 1 is 1.16 bits per heavy atom. The summed E-state index contributed by atoms with van der Waals surface area (Å²) in [4.78, 5) is 61.4. The Morgan fingerprint density at radius 2 is 1.90 bits per heavy atom. The zero-order valence-electron chi connectivity index (χ0n) is 30.3. The van der Waals surface area contributed by atoms with Gasteiger partial charge in [0.2, 0.25) is 11.8 Å². The largest absolute Gasteiger partial charge is 0.481 e. The van der Waals surface area contributed by atoms with Crippen LogP contribution in [0.1, 0.15) is 105 Å². The summed E-state index contributed by atoms with van der Waals surface area (Å²) < 4.78 is 5.39. The number of benzene rings is 1. The number of nitrogens with one attached hydrogen (secondary N) is 2. The Kier molecular flexibility index (Phi) is 14.3. The third-order valence-corrected chi connectivity index (χ3v) is 11.3. The fourth-order valence-corrected chi connectivity index (χ4v) is 8.00. The molecule has 0 spiro atoms. The zero-order valence-corrected chi connectivity index (χ0v) is 31.1. The number of likely N-dealkylation sites (tertiary alicyclic amines) is 1. The van der Waals surface area contributed by atoms with Crippen molar-refractivity contribution in [2.75, 3.05) is 33.9 Å². The summed E-state index contributed by atoms with van der Waals surface area (Å²) in [7, 11) is 3.52. The van der Waals surface area contributed by atoms with Crippen LogP contribution in [0.15, 0.2) is 29.6 Å². The number of aliphatic hydroxyl groups excluding tert-OH is 1. The van der Waals surface area contributed by atoms with Crippen LogP contribution in [-0.2, 0) is 25.5 Å². The van der Waals surface area contributed by atoms with Crippen LogP contribution in [0, 0.1) is 11.8 Å². The second-order valence-corrected chi connectivity index (χ2v) is 15.1. The third-order valence-electron chi connectivity index (χ3n) is 10.4. The van der Waals surface area contributed by atoms with Gasteiger partial charge in [-0.3, -0.25) is 24.1 Å². The van der Waals surface area contributed by atoms with E-state index in [-0.39, 0.29) is 67.4 Å². The maximum absolute atomic E-state index is 14.4. The molecule has 7 atom stereocenters. The lowest BCUT2D eigenvalue weighted by Crippen LogP contribution is -2.59. The average Bonchev–Trinajstić information content (AvgIpc) is 3.60. The standard InChI is InChI=1S/C37H55N5O7S/c1-7-23(4)32(40-34(45)29-14-10-11-15-41(29)5)36(46)42(16-17-49-6)30(22(2)3)20-31(43)35-39-28(21-50-35)33(44)38-25-18-24-12-8-9-13-26(24)27(19-25)37(47)48/h8-9,12-13,21-23,25,27,29-32,43H,7,10-11,14-20H2,1-6H3,(H,38,44)(H,40,45)(H,47,48)/t23-,25-,27+,29+,30+,31+,32-/m0/s1. The first-order valence-electron chi connectivity index (χ1n) is 17.9. The molecule has 4 rings (SSSR count). The molecule has 2 aromatic rings. The summed E-state index contributed by atoms with van der Waals surface area (Å²) in [5, 5.41) is 29.3. The number of carbonyl (C=O) groups is 4. The lowest BCUT2D eigenvalue weighted by atomic mass is 9.80. The van der Waals surface area contributed by atoms with E-state index >= 15 is 0 Å². The van der Waals surface area contributed by atoms with Gasteiger partial charge in [0.05, 0.1) is 18.6 Å². The minimum atomic E-state index is -1.06. The van der Waals surface area contributed by atoms with E-state index in [0.717, 1.165) is 36.9 Å². The number of hydrogen-bond donors (Lipinski definition) is 4. The first-order chi connectivity index (χ1) is 23.9. The minimum Gasteiger partial charge on any atom is -0.481 e. The molecule has 276 valence electrons. The second-order valence-electron chi connectivity index (χ2n) is 14.2. The highest BCUT2D eigenvalue weighted by Gasteiger charge is 2.38. The van der Waals surface area contributed by atoms with Gasteiger partial charge in [-0.15, -0.1) is 11.3 Å². The molecule has 3 amide bonds. The molecular weight excluding hydrogens is 659 g/mol. The summed E-state index contributed by atoms with van der Waals surface area (Å²) in [5.41, 5.74) is 1.82. The summed E-state index contributed by atoms with van der Waals surface area (Å²) in [6, 6.07) is 5.60. The maximum Gasteiger partial charge on any atom is 0.311 e. The molecule has 0 unspecified atom stereocenters. The monoisotopic (exact) mass is 713 g/mol. The van der Waals surface area contributed by atoms with Gasteiger partial charge in [-0.25, -0.2) is 4.98 Å². The van der Waals surface area contributed by atoms with E-state index in [0.29, 0.717) is 17.8 Å². The Labute approximate surface area is 300 Å². The molecule has 12 nitrogen and oxygen atoms in total. The number of rotatable bonds is 16. The number of likely N-dealkylation sites (N-methyl/N-ethyl adjacent to an activating group) is 1. The molecule has 1 fully saturated rings. The Bertz CT molecular complexity index is 1470.